The van der Waals surface area contributed by atoms with Gasteiger partial charge in [-0.2, -0.15) is 0 Å². The lowest BCUT2D eigenvalue weighted by atomic mass is 10.1. The van der Waals surface area contributed by atoms with E-state index in [4.69, 9.17) is 40.1 Å². The standard InChI is InChI=1S/C23H45N13O5/c24-13(5-1-9-31-21(25)26)19(39)36-12-4-8-16(36)18(38)34-14(6-2-10-32-22(27)28)17(37)35-15(20(40)41)7-3-11-33-23(29)30/h13-16H,1-12,24H2,(H,34,38)(H,35,37)(H,40,41)(H4,25,26,31)(H4,27,28,32)(H4,29,30,33). The summed E-state index contributed by atoms with van der Waals surface area (Å²) in [6.45, 7) is 1.01. The van der Waals surface area contributed by atoms with Crippen molar-refractivity contribution < 1.29 is 24.3 Å². The molecule has 3 amide bonds. The Morgan fingerprint density at radius 3 is 1.76 bits per heavy atom. The molecule has 0 aliphatic carbocycles. The van der Waals surface area contributed by atoms with Gasteiger partial charge in [0.25, 0.3) is 0 Å². The van der Waals surface area contributed by atoms with Crippen molar-refractivity contribution in [2.45, 2.75) is 75.5 Å². The van der Waals surface area contributed by atoms with Gasteiger partial charge in [0.1, 0.15) is 18.1 Å². The molecule has 4 unspecified atom stereocenters. The number of rotatable bonds is 18. The molecule has 18 nitrogen and oxygen atoms in total. The van der Waals surface area contributed by atoms with Gasteiger partial charge in [-0.25, -0.2) is 4.79 Å². The predicted octanol–water partition coefficient (Wildman–Crippen LogP) is -4.48. The van der Waals surface area contributed by atoms with Gasteiger partial charge in [-0.3, -0.25) is 29.4 Å². The molecule has 0 saturated carbocycles. The second-order valence-electron chi connectivity index (χ2n) is 9.60. The molecule has 1 saturated heterocycles. The van der Waals surface area contributed by atoms with Crippen LogP contribution in [-0.4, -0.2) is 102 Å². The highest BCUT2D eigenvalue weighted by atomic mass is 16.4. The van der Waals surface area contributed by atoms with E-state index in [0.717, 1.165) is 0 Å². The number of carbonyl (C=O) groups excluding carboxylic acids is 3. The average molecular weight is 584 g/mol. The number of nitrogens with one attached hydrogen (secondary N) is 2. The van der Waals surface area contributed by atoms with E-state index in [0.29, 0.717) is 51.6 Å². The van der Waals surface area contributed by atoms with Gasteiger partial charge in [-0.1, -0.05) is 0 Å². The topological polar surface area (TPSA) is 335 Å². The minimum absolute atomic E-state index is 0.0541. The molecule has 0 aromatic carbocycles. The van der Waals surface area contributed by atoms with Crippen molar-refractivity contribution in [2.24, 2.45) is 55.1 Å². The van der Waals surface area contributed by atoms with E-state index in [2.05, 4.69) is 25.6 Å². The van der Waals surface area contributed by atoms with E-state index in [9.17, 15) is 24.3 Å². The second-order valence-corrected chi connectivity index (χ2v) is 9.60. The largest absolute Gasteiger partial charge is 0.480 e. The second kappa shape index (κ2) is 18.1. The molecule has 0 radical (unpaired) electrons. The van der Waals surface area contributed by atoms with Crippen LogP contribution in [0.15, 0.2) is 15.0 Å². The molecule has 4 atom stereocenters. The van der Waals surface area contributed by atoms with Gasteiger partial charge in [0.05, 0.1) is 6.04 Å². The first-order valence-electron chi connectivity index (χ1n) is 13.4. The molecule has 1 heterocycles. The lowest BCUT2D eigenvalue weighted by Gasteiger charge is -2.28. The van der Waals surface area contributed by atoms with Crippen molar-refractivity contribution in [2.75, 3.05) is 26.2 Å². The zero-order valence-electron chi connectivity index (χ0n) is 23.2. The number of nitrogens with two attached hydrogens (primary N) is 7. The number of hydrogen-bond donors (Lipinski definition) is 10. The van der Waals surface area contributed by atoms with Gasteiger partial charge in [0.15, 0.2) is 17.9 Å². The summed E-state index contributed by atoms with van der Waals surface area (Å²) in [4.78, 5) is 64.1. The van der Waals surface area contributed by atoms with Gasteiger partial charge >= 0.3 is 5.97 Å². The van der Waals surface area contributed by atoms with Crippen LogP contribution >= 0.6 is 0 Å². The number of aliphatic imine (C=N–C) groups is 3. The van der Waals surface area contributed by atoms with E-state index >= 15 is 0 Å². The van der Waals surface area contributed by atoms with Crippen LogP contribution in [0.1, 0.15) is 51.4 Å². The maximum absolute atomic E-state index is 13.3. The van der Waals surface area contributed by atoms with Crippen molar-refractivity contribution in [3.63, 3.8) is 0 Å². The maximum Gasteiger partial charge on any atom is 0.326 e. The number of likely N-dealkylation sites (tertiary alicyclic amines) is 1. The first-order valence-corrected chi connectivity index (χ1v) is 13.4. The van der Waals surface area contributed by atoms with Gasteiger partial charge in [-0.15, -0.1) is 0 Å². The summed E-state index contributed by atoms with van der Waals surface area (Å²) in [7, 11) is 0. The number of carbonyl (C=O) groups is 4. The Hall–Kier alpha value is -4.35. The molecule has 1 fully saturated rings. The van der Waals surface area contributed by atoms with E-state index in [1.807, 2.05) is 0 Å². The first kappa shape index (κ1) is 34.7. The van der Waals surface area contributed by atoms with E-state index in [1.165, 1.54) is 4.90 Å². The Morgan fingerprint density at radius 2 is 1.27 bits per heavy atom. The Bertz CT molecular complexity index is 975. The molecule has 1 aliphatic heterocycles. The summed E-state index contributed by atoms with van der Waals surface area (Å²) in [5.74, 6) is -3.22. The van der Waals surface area contributed by atoms with Crippen molar-refractivity contribution in [1.29, 1.82) is 0 Å². The lowest BCUT2D eigenvalue weighted by Crippen LogP contribution is -2.56. The number of carboxylic acid groups (broad SMARTS) is 1. The zero-order chi connectivity index (χ0) is 30.9. The Labute approximate surface area is 238 Å². The number of carboxylic acids is 1. The highest BCUT2D eigenvalue weighted by Crippen LogP contribution is 2.20. The highest BCUT2D eigenvalue weighted by Gasteiger charge is 2.37. The van der Waals surface area contributed by atoms with Crippen molar-refractivity contribution in [1.82, 2.24) is 15.5 Å². The van der Waals surface area contributed by atoms with E-state index in [-0.39, 0.29) is 43.8 Å². The molecule has 41 heavy (non-hydrogen) atoms. The molecule has 17 N–H and O–H groups in total. The number of amides is 3. The molecule has 0 bridgehead atoms. The van der Waals surface area contributed by atoms with E-state index in [1.54, 1.807) is 0 Å². The normalized spacial score (nSPS) is 16.5. The molecule has 0 aromatic heterocycles. The van der Waals surface area contributed by atoms with Gasteiger partial charge in [-0.05, 0) is 51.4 Å². The molecule has 0 aromatic rings. The van der Waals surface area contributed by atoms with Crippen LogP contribution in [0.2, 0.25) is 0 Å². The van der Waals surface area contributed by atoms with Gasteiger partial charge in [0, 0.05) is 26.2 Å². The molecular formula is C23H45N13O5. The monoisotopic (exact) mass is 583 g/mol. The molecule has 1 aliphatic rings. The van der Waals surface area contributed by atoms with Gasteiger partial charge in [0.2, 0.25) is 17.7 Å². The summed E-state index contributed by atoms with van der Waals surface area (Å²) in [6.07, 6.45) is 2.51. The van der Waals surface area contributed by atoms with Crippen LogP contribution in [0.4, 0.5) is 0 Å². The van der Waals surface area contributed by atoms with Crippen LogP contribution in [-0.2, 0) is 19.2 Å². The minimum atomic E-state index is -1.25. The third-order valence-electron chi connectivity index (χ3n) is 6.26. The smallest absolute Gasteiger partial charge is 0.326 e. The minimum Gasteiger partial charge on any atom is -0.480 e. The predicted molar refractivity (Wildman–Crippen MR) is 154 cm³/mol. The Balaban J connectivity index is 2.91. The van der Waals surface area contributed by atoms with Gasteiger partial charge < -0.3 is 60.8 Å². The van der Waals surface area contributed by atoms with Crippen LogP contribution in [0.5, 0.6) is 0 Å². The van der Waals surface area contributed by atoms with Crippen LogP contribution in [0.25, 0.3) is 0 Å². The van der Waals surface area contributed by atoms with Crippen LogP contribution < -0.4 is 50.8 Å². The Kier molecular flexibility index (Phi) is 15.3. The Morgan fingerprint density at radius 1 is 0.780 bits per heavy atom. The van der Waals surface area contributed by atoms with Crippen molar-refractivity contribution in [3.05, 3.63) is 0 Å². The van der Waals surface area contributed by atoms with Crippen molar-refractivity contribution >= 4 is 41.6 Å². The van der Waals surface area contributed by atoms with E-state index < -0.39 is 47.9 Å². The quantitative estimate of drug-likeness (QED) is 0.0414. The summed E-state index contributed by atoms with van der Waals surface area (Å²) < 4.78 is 0. The fraction of sp³-hybridized carbons (Fsp3) is 0.696. The van der Waals surface area contributed by atoms with Crippen LogP contribution in [0, 0.1) is 0 Å². The SMILES string of the molecule is NC(N)=NCCCC(N)C(=O)N1CCCC1C(=O)NC(CCCN=C(N)N)C(=O)NC(CCCN=C(N)N)C(=O)O. The first-order chi connectivity index (χ1) is 19.3. The molecule has 1 rings (SSSR count). The fourth-order valence-electron chi connectivity index (χ4n) is 4.23. The summed E-state index contributed by atoms with van der Waals surface area (Å²) in [6, 6.07) is -4.04. The van der Waals surface area contributed by atoms with Crippen LogP contribution in [0.3, 0.4) is 0 Å². The molecule has 18 heteroatoms. The summed E-state index contributed by atoms with van der Waals surface area (Å²) in [5, 5.41) is 14.7. The highest BCUT2D eigenvalue weighted by molar-refractivity contribution is 5.94. The van der Waals surface area contributed by atoms with Crippen molar-refractivity contribution in [3.8, 4) is 0 Å². The summed E-state index contributed by atoms with van der Waals surface area (Å²) in [5.41, 5.74) is 37.9. The zero-order valence-corrected chi connectivity index (χ0v) is 23.2. The number of guanidine groups is 3. The number of nitrogens with zero attached hydrogens (tertiary/aromatic N) is 4. The number of aliphatic carboxylic acids is 1. The maximum atomic E-state index is 13.3. The summed E-state index contributed by atoms with van der Waals surface area (Å²) >= 11 is 0. The molecular weight excluding hydrogens is 538 g/mol. The lowest BCUT2D eigenvalue weighted by molar-refractivity contribution is -0.143. The average Bonchev–Trinajstić information content (AvgIpc) is 3.39. The third-order valence-corrected chi connectivity index (χ3v) is 6.26. The molecule has 232 valence electrons. The third kappa shape index (κ3) is 13.5. The molecule has 0 spiro atoms. The fourth-order valence-corrected chi connectivity index (χ4v) is 4.23. The number of hydrogen-bond acceptors (Lipinski definition) is 8.